The predicted molar refractivity (Wildman–Crippen MR) is 79.6 cm³/mol. The summed E-state index contributed by atoms with van der Waals surface area (Å²) in [4.78, 5) is 35.7. The number of esters is 1. The van der Waals surface area contributed by atoms with E-state index in [1.165, 1.54) is 30.2 Å². The largest absolute Gasteiger partial charge is 0.464 e. The normalized spacial score (nSPS) is 17.9. The highest BCUT2D eigenvalue weighted by Crippen LogP contribution is 2.38. The molecule has 0 radical (unpaired) electrons. The van der Waals surface area contributed by atoms with E-state index in [2.05, 4.69) is 0 Å². The van der Waals surface area contributed by atoms with Crippen molar-refractivity contribution in [1.29, 1.82) is 0 Å². The second-order valence-corrected chi connectivity index (χ2v) is 5.27. The molecule has 9 nitrogen and oxygen atoms in total. The van der Waals surface area contributed by atoms with Crippen LogP contribution < -0.4 is 9.47 Å². The fraction of sp³-hybridized carbons (Fsp3) is 0.333. The van der Waals surface area contributed by atoms with Gasteiger partial charge in [-0.05, 0) is 6.42 Å². The van der Waals surface area contributed by atoms with Crippen LogP contribution in [0, 0.1) is 10.1 Å². The van der Waals surface area contributed by atoms with Gasteiger partial charge < -0.3 is 19.1 Å². The number of ether oxygens (including phenoxy) is 3. The molecule has 2 heterocycles. The van der Waals surface area contributed by atoms with Gasteiger partial charge in [0.05, 0.1) is 17.0 Å². The van der Waals surface area contributed by atoms with Crippen molar-refractivity contribution < 1.29 is 28.7 Å². The Morgan fingerprint density at radius 3 is 2.75 bits per heavy atom. The second-order valence-electron chi connectivity index (χ2n) is 5.27. The number of fused-ring (bicyclic) bond motifs is 1. The molecule has 1 amide bonds. The van der Waals surface area contributed by atoms with Crippen molar-refractivity contribution in [3.8, 4) is 11.5 Å². The summed E-state index contributed by atoms with van der Waals surface area (Å²) in [6.07, 6.45) is 3.77. The molecular weight excluding hydrogens is 320 g/mol. The Kier molecular flexibility index (Phi) is 4.07. The van der Waals surface area contributed by atoms with Gasteiger partial charge in [0.15, 0.2) is 11.5 Å². The molecule has 0 bridgehead atoms. The van der Waals surface area contributed by atoms with Gasteiger partial charge >= 0.3 is 5.97 Å². The molecule has 0 saturated carbocycles. The van der Waals surface area contributed by atoms with Crippen LogP contribution in [0.1, 0.15) is 23.7 Å². The molecule has 0 aromatic heterocycles. The Morgan fingerprint density at radius 2 is 2.08 bits per heavy atom. The molecule has 0 aliphatic carbocycles. The molecule has 0 unspecified atom stereocenters. The molecule has 0 N–H and O–H groups in total. The van der Waals surface area contributed by atoms with Crippen LogP contribution in [0.25, 0.3) is 0 Å². The van der Waals surface area contributed by atoms with Crippen LogP contribution in [0.15, 0.2) is 24.4 Å². The summed E-state index contributed by atoms with van der Waals surface area (Å²) in [5.74, 6) is -0.510. The van der Waals surface area contributed by atoms with E-state index in [1.54, 1.807) is 6.08 Å². The fourth-order valence-corrected chi connectivity index (χ4v) is 2.55. The summed E-state index contributed by atoms with van der Waals surface area (Å²) in [6.45, 7) is 1.24. The average molecular weight is 334 g/mol. The molecule has 2 aliphatic heterocycles. The van der Waals surface area contributed by atoms with Crippen LogP contribution in [-0.2, 0) is 9.53 Å². The van der Waals surface area contributed by atoms with Crippen molar-refractivity contribution in [1.82, 2.24) is 4.90 Å². The molecule has 0 saturated heterocycles. The molecule has 24 heavy (non-hydrogen) atoms. The lowest BCUT2D eigenvalue weighted by molar-refractivity contribution is -0.385. The molecule has 3 rings (SSSR count). The number of nitro groups is 1. The molecular formula is C15H14N2O7. The van der Waals surface area contributed by atoms with E-state index in [1.807, 2.05) is 0 Å². The summed E-state index contributed by atoms with van der Waals surface area (Å²) >= 11 is 0. The molecule has 126 valence electrons. The van der Waals surface area contributed by atoms with Crippen molar-refractivity contribution in [3.05, 3.63) is 40.1 Å². The van der Waals surface area contributed by atoms with Gasteiger partial charge in [-0.3, -0.25) is 19.7 Å². The highest BCUT2D eigenvalue weighted by molar-refractivity contribution is 6.00. The molecule has 9 heteroatoms. The van der Waals surface area contributed by atoms with E-state index < -0.39 is 22.8 Å². The molecule has 1 aromatic carbocycles. The maximum absolute atomic E-state index is 12.8. The number of benzene rings is 1. The predicted octanol–water partition coefficient (Wildman–Crippen LogP) is 1.61. The summed E-state index contributed by atoms with van der Waals surface area (Å²) in [5.41, 5.74) is -0.473. The highest BCUT2D eigenvalue weighted by atomic mass is 16.7. The van der Waals surface area contributed by atoms with E-state index in [0.29, 0.717) is 6.42 Å². The third-order valence-electron chi connectivity index (χ3n) is 3.70. The zero-order valence-corrected chi connectivity index (χ0v) is 12.8. The Labute approximate surface area is 136 Å². The molecule has 1 aromatic rings. The van der Waals surface area contributed by atoms with E-state index >= 15 is 0 Å². The quantitative estimate of drug-likeness (QED) is 0.467. The van der Waals surface area contributed by atoms with Crippen molar-refractivity contribution in [3.63, 3.8) is 0 Å². The summed E-state index contributed by atoms with van der Waals surface area (Å²) in [5, 5.41) is 11.3. The van der Waals surface area contributed by atoms with Gasteiger partial charge in [-0.2, -0.15) is 0 Å². The van der Waals surface area contributed by atoms with Crippen LogP contribution in [0.3, 0.4) is 0 Å². The van der Waals surface area contributed by atoms with E-state index in [-0.39, 0.29) is 36.1 Å². The maximum Gasteiger partial charge on any atom is 0.302 e. The minimum absolute atomic E-state index is 0.0203. The highest BCUT2D eigenvalue weighted by Gasteiger charge is 2.33. The van der Waals surface area contributed by atoms with Gasteiger partial charge in [-0.25, -0.2) is 0 Å². The number of carbonyl (C=O) groups excluding carboxylic acids is 2. The zero-order chi connectivity index (χ0) is 17.3. The van der Waals surface area contributed by atoms with Crippen molar-refractivity contribution in [2.75, 3.05) is 13.4 Å². The number of amides is 1. The van der Waals surface area contributed by atoms with E-state index in [9.17, 15) is 19.7 Å². The smallest absolute Gasteiger partial charge is 0.302 e. The number of hydrogen-bond donors (Lipinski definition) is 0. The maximum atomic E-state index is 12.8. The number of carbonyl (C=O) groups is 2. The zero-order valence-electron chi connectivity index (χ0n) is 12.8. The third-order valence-corrected chi connectivity index (χ3v) is 3.70. The first-order valence-electron chi connectivity index (χ1n) is 7.18. The van der Waals surface area contributed by atoms with Crippen LogP contribution >= 0.6 is 0 Å². The average Bonchev–Trinajstić information content (AvgIpc) is 3.19. The number of nitro benzene ring substituents is 1. The Hall–Kier alpha value is -3.10. The lowest BCUT2D eigenvalue weighted by Crippen LogP contribution is -2.36. The van der Waals surface area contributed by atoms with E-state index in [0.717, 1.165) is 0 Å². The van der Waals surface area contributed by atoms with Gasteiger partial charge in [0.1, 0.15) is 12.2 Å². The standard InChI is InChI=1S/C15H14N2O7/c1-9(18)22-7-10-3-2-4-16(10)15(19)11-5-13-14(24-8-23-13)6-12(11)17(20)21/h2,4-6,10H,3,7-8H2,1H3/t10-/m0/s1. The lowest BCUT2D eigenvalue weighted by Gasteiger charge is -2.23. The number of hydrogen-bond acceptors (Lipinski definition) is 7. The van der Waals surface area contributed by atoms with Crippen LogP contribution in [0.5, 0.6) is 11.5 Å². The Balaban J connectivity index is 1.90. The Bertz CT molecular complexity index is 744. The van der Waals surface area contributed by atoms with Gasteiger partial charge in [-0.1, -0.05) is 6.08 Å². The van der Waals surface area contributed by atoms with Crippen LogP contribution in [-0.4, -0.2) is 41.1 Å². The minimum Gasteiger partial charge on any atom is -0.464 e. The Morgan fingerprint density at radius 1 is 1.38 bits per heavy atom. The molecule has 0 fully saturated rings. The van der Waals surface area contributed by atoms with Crippen LogP contribution in [0.4, 0.5) is 5.69 Å². The van der Waals surface area contributed by atoms with E-state index in [4.69, 9.17) is 14.2 Å². The van der Waals surface area contributed by atoms with Gasteiger partial charge in [-0.15, -0.1) is 0 Å². The summed E-state index contributed by atoms with van der Waals surface area (Å²) in [6, 6.07) is 2.08. The second kappa shape index (κ2) is 6.19. The minimum atomic E-state index is -0.643. The summed E-state index contributed by atoms with van der Waals surface area (Å²) in [7, 11) is 0. The first-order chi connectivity index (χ1) is 11.5. The molecule has 1 atom stereocenters. The van der Waals surface area contributed by atoms with Crippen molar-refractivity contribution in [2.45, 2.75) is 19.4 Å². The van der Waals surface area contributed by atoms with Crippen LogP contribution in [0.2, 0.25) is 0 Å². The lowest BCUT2D eigenvalue weighted by atomic mass is 10.1. The fourth-order valence-electron chi connectivity index (χ4n) is 2.55. The molecule has 2 aliphatic rings. The van der Waals surface area contributed by atoms with Gasteiger partial charge in [0, 0.05) is 19.2 Å². The number of rotatable bonds is 4. The molecule has 0 spiro atoms. The first-order valence-corrected chi connectivity index (χ1v) is 7.18. The topological polar surface area (TPSA) is 108 Å². The van der Waals surface area contributed by atoms with Gasteiger partial charge in [0.25, 0.3) is 11.6 Å². The van der Waals surface area contributed by atoms with Gasteiger partial charge in [0.2, 0.25) is 6.79 Å². The number of nitrogens with zero attached hydrogens (tertiary/aromatic N) is 2. The third kappa shape index (κ3) is 2.87. The van der Waals surface area contributed by atoms with Crippen molar-refractivity contribution in [2.24, 2.45) is 0 Å². The summed E-state index contributed by atoms with van der Waals surface area (Å²) < 4.78 is 15.2. The van der Waals surface area contributed by atoms with Crippen molar-refractivity contribution >= 4 is 17.6 Å². The SMILES string of the molecule is CC(=O)OC[C@@H]1CC=CN1C(=O)c1cc2c(cc1[N+](=O)[O-])OCO2. The first kappa shape index (κ1) is 15.8. The monoisotopic (exact) mass is 334 g/mol.